The van der Waals surface area contributed by atoms with Crippen LogP contribution in [0.4, 0.5) is 11.4 Å². The van der Waals surface area contributed by atoms with E-state index in [2.05, 4.69) is 15.6 Å². The van der Waals surface area contributed by atoms with Crippen molar-refractivity contribution in [1.29, 1.82) is 0 Å². The standard InChI is InChI=1S/C12H14N4O3S/c1-7-15-9-5-8(14-4-3-12(17)13-2)10(16(18)19)6-11(9)20-7/h5-6,14H,3-4H2,1-2H3,(H,13,17). The van der Waals surface area contributed by atoms with Gasteiger partial charge in [-0.15, -0.1) is 11.3 Å². The molecule has 0 atom stereocenters. The van der Waals surface area contributed by atoms with Gasteiger partial charge in [-0.05, 0) is 13.0 Å². The summed E-state index contributed by atoms with van der Waals surface area (Å²) in [6.45, 7) is 2.18. The molecule has 2 rings (SSSR count). The van der Waals surface area contributed by atoms with Gasteiger partial charge in [0, 0.05) is 26.1 Å². The van der Waals surface area contributed by atoms with Crippen LogP contribution < -0.4 is 10.6 Å². The maximum atomic E-state index is 11.1. The second kappa shape index (κ2) is 5.83. The number of carbonyl (C=O) groups excluding carboxylic acids is 1. The van der Waals surface area contributed by atoms with Crippen LogP contribution in [-0.2, 0) is 4.79 Å². The number of nitrogens with one attached hydrogen (secondary N) is 2. The Kier molecular flexibility index (Phi) is 4.14. The lowest BCUT2D eigenvalue weighted by atomic mass is 10.2. The number of benzene rings is 1. The van der Waals surface area contributed by atoms with Crippen LogP contribution in [0, 0.1) is 17.0 Å². The van der Waals surface area contributed by atoms with Gasteiger partial charge >= 0.3 is 0 Å². The molecular weight excluding hydrogens is 280 g/mol. The van der Waals surface area contributed by atoms with Crippen molar-refractivity contribution in [1.82, 2.24) is 10.3 Å². The third kappa shape index (κ3) is 3.02. The Morgan fingerprint density at radius 3 is 2.90 bits per heavy atom. The summed E-state index contributed by atoms with van der Waals surface area (Å²) in [4.78, 5) is 26.1. The number of anilines is 1. The maximum absolute atomic E-state index is 11.1. The fourth-order valence-corrected chi connectivity index (χ4v) is 2.65. The number of aromatic nitrogens is 1. The minimum Gasteiger partial charge on any atom is -0.379 e. The Bertz CT molecular complexity index is 668. The number of hydrogen-bond donors (Lipinski definition) is 2. The lowest BCUT2D eigenvalue weighted by Crippen LogP contribution is -2.21. The number of rotatable bonds is 5. The molecule has 1 aromatic heterocycles. The van der Waals surface area contributed by atoms with E-state index in [1.807, 2.05) is 6.92 Å². The van der Waals surface area contributed by atoms with Gasteiger partial charge in [0.15, 0.2) is 0 Å². The van der Waals surface area contributed by atoms with E-state index < -0.39 is 4.92 Å². The van der Waals surface area contributed by atoms with Gasteiger partial charge in [-0.1, -0.05) is 0 Å². The zero-order chi connectivity index (χ0) is 14.7. The Morgan fingerprint density at radius 2 is 2.25 bits per heavy atom. The summed E-state index contributed by atoms with van der Waals surface area (Å²) in [6, 6.07) is 3.17. The second-order valence-corrected chi connectivity index (χ2v) is 5.41. The zero-order valence-corrected chi connectivity index (χ0v) is 11.9. The SMILES string of the molecule is CNC(=O)CCNc1cc2nc(C)sc2cc1[N+](=O)[O-]. The smallest absolute Gasteiger partial charge is 0.293 e. The zero-order valence-electron chi connectivity index (χ0n) is 11.1. The minimum absolute atomic E-state index is 0.00180. The van der Waals surface area contributed by atoms with Crippen molar-refractivity contribution < 1.29 is 9.72 Å². The molecule has 7 nitrogen and oxygen atoms in total. The van der Waals surface area contributed by atoms with E-state index in [9.17, 15) is 14.9 Å². The van der Waals surface area contributed by atoms with Gasteiger partial charge in [0.25, 0.3) is 5.69 Å². The molecule has 0 aliphatic heterocycles. The van der Waals surface area contributed by atoms with Gasteiger partial charge in [-0.25, -0.2) is 4.98 Å². The van der Waals surface area contributed by atoms with E-state index in [-0.39, 0.29) is 18.0 Å². The van der Waals surface area contributed by atoms with Gasteiger partial charge in [0.05, 0.1) is 20.1 Å². The summed E-state index contributed by atoms with van der Waals surface area (Å²) in [6.07, 6.45) is 0.252. The lowest BCUT2D eigenvalue weighted by Gasteiger charge is -2.06. The number of aryl methyl sites for hydroxylation is 1. The maximum Gasteiger partial charge on any atom is 0.293 e. The Morgan fingerprint density at radius 1 is 1.50 bits per heavy atom. The molecule has 1 aromatic carbocycles. The van der Waals surface area contributed by atoms with Gasteiger partial charge in [0.2, 0.25) is 5.91 Å². The van der Waals surface area contributed by atoms with E-state index in [1.54, 1.807) is 13.1 Å². The van der Waals surface area contributed by atoms with Crippen LogP contribution in [0.25, 0.3) is 10.2 Å². The van der Waals surface area contributed by atoms with Gasteiger partial charge in [0.1, 0.15) is 5.69 Å². The van der Waals surface area contributed by atoms with Crippen LogP contribution >= 0.6 is 11.3 Å². The number of nitro groups is 1. The quantitative estimate of drug-likeness (QED) is 0.650. The summed E-state index contributed by atoms with van der Waals surface area (Å²) in [7, 11) is 1.55. The molecule has 0 spiro atoms. The molecule has 0 bridgehead atoms. The monoisotopic (exact) mass is 294 g/mol. The summed E-state index contributed by atoms with van der Waals surface area (Å²) in [5.74, 6) is -0.120. The highest BCUT2D eigenvalue weighted by Gasteiger charge is 2.17. The summed E-state index contributed by atoms with van der Waals surface area (Å²) in [5.41, 5.74) is 1.11. The number of thiazole rings is 1. The Labute approximate surface area is 119 Å². The highest BCUT2D eigenvalue weighted by atomic mass is 32.1. The molecule has 0 unspecified atom stereocenters. The molecule has 0 saturated heterocycles. The van der Waals surface area contributed by atoms with Crippen molar-refractivity contribution in [3.63, 3.8) is 0 Å². The van der Waals surface area contributed by atoms with Gasteiger partial charge in [-0.2, -0.15) is 0 Å². The number of nitrogens with zero attached hydrogens (tertiary/aromatic N) is 2. The van der Waals surface area contributed by atoms with E-state index >= 15 is 0 Å². The largest absolute Gasteiger partial charge is 0.379 e. The molecule has 1 heterocycles. The molecule has 1 amide bonds. The Balaban J connectivity index is 2.27. The molecule has 106 valence electrons. The first kappa shape index (κ1) is 14.2. The van der Waals surface area contributed by atoms with Crippen LogP contribution in [0.5, 0.6) is 0 Å². The van der Waals surface area contributed by atoms with Crippen molar-refractivity contribution in [3.05, 3.63) is 27.3 Å². The summed E-state index contributed by atoms with van der Waals surface area (Å²) < 4.78 is 0.783. The van der Waals surface area contributed by atoms with Crippen molar-refractivity contribution >= 4 is 38.8 Å². The first-order valence-corrected chi connectivity index (χ1v) is 6.83. The van der Waals surface area contributed by atoms with Crippen LogP contribution in [0.1, 0.15) is 11.4 Å². The number of carbonyl (C=O) groups is 1. The molecule has 0 aliphatic carbocycles. The summed E-state index contributed by atoms with van der Waals surface area (Å²) in [5, 5.41) is 17.4. The average Bonchev–Trinajstić information content (AvgIpc) is 2.76. The van der Waals surface area contributed by atoms with Crippen molar-refractivity contribution in [2.75, 3.05) is 18.9 Å². The fraction of sp³-hybridized carbons (Fsp3) is 0.333. The topological polar surface area (TPSA) is 97.2 Å². The molecule has 8 heteroatoms. The highest BCUT2D eigenvalue weighted by molar-refractivity contribution is 7.18. The van der Waals surface area contributed by atoms with E-state index in [0.29, 0.717) is 12.2 Å². The summed E-state index contributed by atoms with van der Waals surface area (Å²) >= 11 is 1.42. The predicted octanol–water partition coefficient (Wildman–Crippen LogP) is 2.06. The average molecular weight is 294 g/mol. The molecule has 2 aromatic rings. The molecule has 20 heavy (non-hydrogen) atoms. The van der Waals surface area contributed by atoms with Crippen molar-refractivity contribution in [3.8, 4) is 0 Å². The molecular formula is C12H14N4O3S. The number of nitro benzene ring substituents is 1. The second-order valence-electron chi connectivity index (χ2n) is 4.18. The normalized spacial score (nSPS) is 10.5. The molecule has 0 aliphatic rings. The fourth-order valence-electron chi connectivity index (χ4n) is 1.81. The van der Waals surface area contributed by atoms with Crippen molar-refractivity contribution in [2.45, 2.75) is 13.3 Å². The van der Waals surface area contributed by atoms with E-state index in [4.69, 9.17) is 0 Å². The lowest BCUT2D eigenvalue weighted by molar-refractivity contribution is -0.383. The molecule has 0 fully saturated rings. The van der Waals surface area contributed by atoms with E-state index in [0.717, 1.165) is 15.2 Å². The third-order valence-corrected chi connectivity index (χ3v) is 3.69. The molecule has 0 radical (unpaired) electrons. The first-order valence-electron chi connectivity index (χ1n) is 6.01. The molecule has 0 saturated carbocycles. The molecule has 2 N–H and O–H groups in total. The van der Waals surface area contributed by atoms with Crippen LogP contribution in [0.2, 0.25) is 0 Å². The van der Waals surface area contributed by atoms with Crippen LogP contribution in [0.15, 0.2) is 12.1 Å². The van der Waals surface area contributed by atoms with E-state index in [1.165, 1.54) is 17.4 Å². The van der Waals surface area contributed by atoms with Crippen molar-refractivity contribution in [2.24, 2.45) is 0 Å². The minimum atomic E-state index is -0.434. The van der Waals surface area contributed by atoms with Gasteiger partial charge in [-0.3, -0.25) is 14.9 Å². The third-order valence-electron chi connectivity index (χ3n) is 2.76. The van der Waals surface area contributed by atoms with Gasteiger partial charge < -0.3 is 10.6 Å². The van der Waals surface area contributed by atoms with Crippen LogP contribution in [0.3, 0.4) is 0 Å². The number of hydrogen-bond acceptors (Lipinski definition) is 6. The van der Waals surface area contributed by atoms with Crippen LogP contribution in [-0.4, -0.2) is 29.4 Å². The first-order chi connectivity index (χ1) is 9.51. The highest BCUT2D eigenvalue weighted by Crippen LogP contribution is 2.32. The number of fused-ring (bicyclic) bond motifs is 1. The number of amides is 1. The predicted molar refractivity (Wildman–Crippen MR) is 78.2 cm³/mol. The Hall–Kier alpha value is -2.22.